The van der Waals surface area contributed by atoms with Gasteiger partial charge in [0.05, 0.1) is 31.4 Å². The number of carbonyl (C=O) groups is 1. The molecule has 4 aliphatic rings. The predicted molar refractivity (Wildman–Crippen MR) is 113 cm³/mol. The zero-order valence-electron chi connectivity index (χ0n) is 15.7. The summed E-state index contributed by atoms with van der Waals surface area (Å²) < 4.78 is 53.0. The third kappa shape index (κ3) is 3.99. The Hall–Kier alpha value is -2.65. The number of hydrogen-bond acceptors (Lipinski definition) is 5. The van der Waals surface area contributed by atoms with Crippen LogP contribution in [0.3, 0.4) is 0 Å². The standard InChI is InChI=1S/C21H18F2N2O3S2/c22-13-1-3-15(17(9-13)19-11-24-5-7-29(19)27)21(26)16-4-2-14(23)10-18(16)20-12-25-6-8-30(20)28/h5-12,24-25H,1-4H2. The van der Waals surface area contributed by atoms with Crippen LogP contribution in [0, 0.1) is 0 Å². The SMILES string of the molecule is O=C(C1=C(C2=CNC=CS2=O)C=C(F)CC1)C1=C(C2=CNC=CS2=O)C=C(F)CC1. The molecule has 0 aromatic heterocycles. The highest BCUT2D eigenvalue weighted by Crippen LogP contribution is 2.38. The molecule has 2 atom stereocenters. The van der Waals surface area contributed by atoms with Crippen LogP contribution < -0.4 is 10.6 Å². The zero-order chi connectivity index (χ0) is 21.3. The van der Waals surface area contributed by atoms with Gasteiger partial charge in [0.25, 0.3) is 0 Å². The molecule has 30 heavy (non-hydrogen) atoms. The molecule has 156 valence electrons. The van der Waals surface area contributed by atoms with Crippen molar-refractivity contribution in [1.29, 1.82) is 0 Å². The molecule has 0 saturated heterocycles. The van der Waals surface area contributed by atoms with Crippen LogP contribution in [0.1, 0.15) is 25.7 Å². The van der Waals surface area contributed by atoms with E-state index in [-0.39, 0.29) is 42.6 Å². The van der Waals surface area contributed by atoms with Gasteiger partial charge >= 0.3 is 0 Å². The normalized spacial score (nSPS) is 26.3. The Balaban J connectivity index is 1.84. The molecule has 0 saturated carbocycles. The number of carbonyl (C=O) groups excluding carboxylic acids is 1. The highest BCUT2D eigenvalue weighted by molar-refractivity contribution is 7.92. The van der Waals surface area contributed by atoms with E-state index in [0.717, 1.165) is 0 Å². The van der Waals surface area contributed by atoms with Crippen molar-refractivity contribution in [2.45, 2.75) is 25.7 Å². The van der Waals surface area contributed by atoms with E-state index in [9.17, 15) is 22.0 Å². The highest BCUT2D eigenvalue weighted by atomic mass is 32.2. The van der Waals surface area contributed by atoms with E-state index in [0.29, 0.717) is 21.0 Å². The molecule has 0 bridgehead atoms. The first-order valence-electron chi connectivity index (χ1n) is 9.26. The average molecular weight is 449 g/mol. The molecular formula is C21H18F2N2O3S2. The molecule has 2 unspecified atom stereocenters. The van der Waals surface area contributed by atoms with Gasteiger partial charge in [-0.25, -0.2) is 17.2 Å². The van der Waals surface area contributed by atoms with Gasteiger partial charge in [-0.15, -0.1) is 0 Å². The van der Waals surface area contributed by atoms with Gasteiger partial charge in [-0.3, -0.25) is 4.79 Å². The Morgan fingerprint density at radius 1 is 0.767 bits per heavy atom. The lowest BCUT2D eigenvalue weighted by Crippen LogP contribution is -2.19. The van der Waals surface area contributed by atoms with E-state index >= 15 is 0 Å². The first-order valence-corrected chi connectivity index (χ1v) is 11.7. The van der Waals surface area contributed by atoms with Gasteiger partial charge in [-0.2, -0.15) is 0 Å². The first kappa shape index (κ1) is 20.6. The maximum Gasteiger partial charge on any atom is 0.186 e. The highest BCUT2D eigenvalue weighted by Gasteiger charge is 2.30. The summed E-state index contributed by atoms with van der Waals surface area (Å²) in [7, 11) is -3.06. The van der Waals surface area contributed by atoms with E-state index in [1.54, 1.807) is 0 Å². The van der Waals surface area contributed by atoms with Crippen molar-refractivity contribution in [1.82, 2.24) is 10.6 Å². The van der Waals surface area contributed by atoms with E-state index in [1.807, 2.05) is 0 Å². The average Bonchev–Trinajstić information content (AvgIpc) is 2.74. The third-order valence-corrected chi connectivity index (χ3v) is 7.31. The van der Waals surface area contributed by atoms with E-state index in [2.05, 4.69) is 10.6 Å². The Morgan fingerprint density at radius 2 is 1.20 bits per heavy atom. The fourth-order valence-electron chi connectivity index (χ4n) is 3.57. The van der Waals surface area contributed by atoms with Crippen LogP contribution in [-0.4, -0.2) is 14.2 Å². The molecule has 9 heteroatoms. The topological polar surface area (TPSA) is 75.3 Å². The second-order valence-electron chi connectivity index (χ2n) is 6.85. The number of hydrogen-bond donors (Lipinski definition) is 2. The second-order valence-corrected chi connectivity index (χ2v) is 9.46. The monoisotopic (exact) mass is 448 g/mol. The summed E-state index contributed by atoms with van der Waals surface area (Å²) in [6.45, 7) is 0. The van der Waals surface area contributed by atoms with E-state index in [1.165, 1.54) is 47.8 Å². The maximum atomic E-state index is 14.1. The Bertz CT molecular complexity index is 1040. The predicted octanol–water partition coefficient (Wildman–Crippen LogP) is 3.77. The lowest BCUT2D eigenvalue weighted by atomic mass is 9.85. The lowest BCUT2D eigenvalue weighted by molar-refractivity contribution is -0.112. The first-order chi connectivity index (χ1) is 14.5. The lowest BCUT2D eigenvalue weighted by Gasteiger charge is -2.23. The second kappa shape index (κ2) is 8.61. The van der Waals surface area contributed by atoms with Crippen molar-refractivity contribution in [2.75, 3.05) is 0 Å². The van der Waals surface area contributed by atoms with E-state index in [4.69, 9.17) is 0 Å². The molecule has 0 amide bonds. The molecular weight excluding hydrogens is 430 g/mol. The van der Waals surface area contributed by atoms with Gasteiger partial charge in [0.1, 0.15) is 11.7 Å². The van der Waals surface area contributed by atoms with Crippen LogP contribution in [0.15, 0.2) is 91.5 Å². The van der Waals surface area contributed by atoms with Gasteiger partial charge in [0.15, 0.2) is 5.78 Å². The minimum Gasteiger partial charge on any atom is -0.366 e. The fourth-order valence-corrected chi connectivity index (χ4v) is 5.43. The quantitative estimate of drug-likeness (QED) is 0.685. The molecule has 5 nitrogen and oxygen atoms in total. The molecule has 4 rings (SSSR count). The van der Waals surface area contributed by atoms with Crippen LogP contribution in [0.5, 0.6) is 0 Å². The zero-order valence-corrected chi connectivity index (χ0v) is 17.4. The number of Topliss-reactive ketones (excluding diaryl/α,β-unsaturated/α-hetero) is 1. The Morgan fingerprint density at radius 3 is 1.60 bits per heavy atom. The summed E-state index contributed by atoms with van der Waals surface area (Å²) in [6, 6.07) is 0. The van der Waals surface area contributed by atoms with Crippen LogP contribution in [-0.2, 0) is 26.4 Å². The molecule has 2 N–H and O–H groups in total. The smallest absolute Gasteiger partial charge is 0.186 e. The van der Waals surface area contributed by atoms with Crippen molar-refractivity contribution >= 4 is 27.4 Å². The van der Waals surface area contributed by atoms with Crippen LogP contribution in [0.4, 0.5) is 8.78 Å². The van der Waals surface area contributed by atoms with E-state index < -0.39 is 33.3 Å². The van der Waals surface area contributed by atoms with Gasteiger partial charge in [-0.1, -0.05) is 0 Å². The number of ketones is 1. The summed E-state index contributed by atoms with van der Waals surface area (Å²) in [5.74, 6) is -1.17. The number of halogens is 2. The number of allylic oxidation sites excluding steroid dienone is 8. The number of rotatable bonds is 4. The Kier molecular flexibility index (Phi) is 5.92. The molecule has 0 radical (unpaired) electrons. The molecule has 0 spiro atoms. The summed E-state index contributed by atoms with van der Waals surface area (Å²) in [5, 5.41) is 8.48. The van der Waals surface area contributed by atoms with Crippen LogP contribution in [0.25, 0.3) is 0 Å². The van der Waals surface area contributed by atoms with Crippen LogP contribution >= 0.6 is 0 Å². The number of nitrogens with one attached hydrogen (secondary N) is 2. The van der Waals surface area contributed by atoms with Crippen molar-refractivity contribution in [3.63, 3.8) is 0 Å². The maximum absolute atomic E-state index is 14.1. The Labute approximate surface area is 177 Å². The molecule has 0 fully saturated rings. The van der Waals surface area contributed by atoms with Gasteiger partial charge in [0, 0.05) is 70.7 Å². The van der Waals surface area contributed by atoms with Crippen molar-refractivity contribution in [3.8, 4) is 0 Å². The summed E-state index contributed by atoms with van der Waals surface area (Å²) >= 11 is 0. The van der Waals surface area contributed by atoms with Crippen LogP contribution in [0.2, 0.25) is 0 Å². The molecule has 2 aliphatic heterocycles. The van der Waals surface area contributed by atoms with Gasteiger partial charge in [0.2, 0.25) is 0 Å². The molecule has 2 heterocycles. The molecule has 2 aliphatic carbocycles. The fraction of sp³-hybridized carbons (Fsp3) is 0.190. The third-order valence-electron chi connectivity index (χ3n) is 5.00. The summed E-state index contributed by atoms with van der Waals surface area (Å²) in [5.41, 5.74) is 1.19. The van der Waals surface area contributed by atoms with Gasteiger partial charge < -0.3 is 10.6 Å². The molecule has 0 aromatic rings. The van der Waals surface area contributed by atoms with Gasteiger partial charge in [-0.05, 0) is 25.0 Å². The van der Waals surface area contributed by atoms with Crippen molar-refractivity contribution in [3.05, 3.63) is 91.5 Å². The summed E-state index contributed by atoms with van der Waals surface area (Å²) in [4.78, 5) is 14.1. The minimum atomic E-state index is -1.53. The van der Waals surface area contributed by atoms with Crippen molar-refractivity contribution in [2.24, 2.45) is 0 Å². The largest absolute Gasteiger partial charge is 0.366 e. The molecule has 0 aromatic carbocycles. The van der Waals surface area contributed by atoms with Crippen molar-refractivity contribution < 1.29 is 22.0 Å². The minimum absolute atomic E-state index is 0.0550. The summed E-state index contributed by atoms with van der Waals surface area (Å²) in [6.07, 6.45) is 8.84.